The van der Waals surface area contributed by atoms with Gasteiger partial charge >= 0.3 is 0 Å². The molecule has 1 amide bonds. The Hall–Kier alpha value is -2.54. The van der Waals surface area contributed by atoms with Gasteiger partial charge in [-0.2, -0.15) is 0 Å². The lowest BCUT2D eigenvalue weighted by Crippen LogP contribution is -2.47. The number of carbonyl (C=O) groups is 1. The Morgan fingerprint density at radius 2 is 2.12 bits per heavy atom. The molecule has 25 heavy (non-hydrogen) atoms. The number of hydrogen-bond donors (Lipinski definition) is 1. The fourth-order valence-electron chi connectivity index (χ4n) is 2.70. The number of anilines is 1. The predicted octanol–water partition coefficient (Wildman–Crippen LogP) is 1.76. The molecular weight excluding hydrogens is 318 g/mol. The number of nitrogens with zero attached hydrogens (tertiary/aromatic N) is 4. The second kappa shape index (κ2) is 8.02. The van der Waals surface area contributed by atoms with Crippen molar-refractivity contribution in [2.75, 3.05) is 31.6 Å². The summed E-state index contributed by atoms with van der Waals surface area (Å²) in [7, 11) is 0. The predicted molar refractivity (Wildman–Crippen MR) is 95.1 cm³/mol. The van der Waals surface area contributed by atoms with E-state index in [1.165, 1.54) is 0 Å². The molecule has 1 atom stereocenters. The van der Waals surface area contributed by atoms with E-state index in [0.29, 0.717) is 43.6 Å². The van der Waals surface area contributed by atoms with Crippen molar-refractivity contribution in [3.05, 3.63) is 36.2 Å². The summed E-state index contributed by atoms with van der Waals surface area (Å²) in [6.45, 7) is 6.34. The lowest BCUT2D eigenvalue weighted by molar-refractivity contribution is -0.135. The van der Waals surface area contributed by atoms with Gasteiger partial charge in [-0.15, -0.1) is 0 Å². The molecule has 0 unspecified atom stereocenters. The quantitative estimate of drug-likeness (QED) is 0.893. The molecule has 0 aliphatic carbocycles. The van der Waals surface area contributed by atoms with Gasteiger partial charge < -0.3 is 15.0 Å². The molecule has 0 bridgehead atoms. The number of rotatable bonds is 5. The Morgan fingerprint density at radius 1 is 1.32 bits per heavy atom. The fourth-order valence-corrected chi connectivity index (χ4v) is 2.70. The Kier molecular flexibility index (Phi) is 5.55. The third-order valence-electron chi connectivity index (χ3n) is 4.09. The van der Waals surface area contributed by atoms with Crippen molar-refractivity contribution >= 4 is 11.7 Å². The van der Waals surface area contributed by atoms with Crippen LogP contribution < -0.4 is 5.32 Å². The van der Waals surface area contributed by atoms with Crippen LogP contribution in [0.15, 0.2) is 30.5 Å². The van der Waals surface area contributed by atoms with Crippen molar-refractivity contribution in [2.45, 2.75) is 26.3 Å². The van der Waals surface area contributed by atoms with Gasteiger partial charge in [0.05, 0.1) is 13.2 Å². The van der Waals surface area contributed by atoms with E-state index in [0.717, 1.165) is 12.1 Å². The highest BCUT2D eigenvalue weighted by atomic mass is 16.5. The number of aryl methyl sites for hydroxylation is 1. The molecule has 2 aromatic rings. The normalized spacial score (nSPS) is 15.7. The molecule has 0 saturated carbocycles. The van der Waals surface area contributed by atoms with E-state index in [2.05, 4.69) is 20.3 Å². The zero-order chi connectivity index (χ0) is 17.6. The lowest BCUT2D eigenvalue weighted by Gasteiger charge is -2.29. The average molecular weight is 341 g/mol. The Bertz CT molecular complexity index is 717. The van der Waals surface area contributed by atoms with E-state index in [1.807, 2.05) is 43.0 Å². The molecule has 1 aliphatic heterocycles. The minimum absolute atomic E-state index is 0.0550. The van der Waals surface area contributed by atoms with Crippen molar-refractivity contribution in [1.29, 1.82) is 0 Å². The number of pyridine rings is 1. The molecule has 7 nitrogen and oxygen atoms in total. The van der Waals surface area contributed by atoms with Crippen molar-refractivity contribution in [3.63, 3.8) is 0 Å². The lowest BCUT2D eigenvalue weighted by atomic mass is 10.2. The summed E-state index contributed by atoms with van der Waals surface area (Å²) < 4.78 is 5.30. The number of carbonyl (C=O) groups excluding carboxylic acids is 1. The Balaban J connectivity index is 1.78. The summed E-state index contributed by atoms with van der Waals surface area (Å²) in [4.78, 5) is 27.8. The highest BCUT2D eigenvalue weighted by Gasteiger charge is 2.23. The summed E-state index contributed by atoms with van der Waals surface area (Å²) in [5, 5.41) is 3.21. The molecule has 3 rings (SSSR count). The molecule has 132 valence electrons. The summed E-state index contributed by atoms with van der Waals surface area (Å²) in [5.74, 6) is 1.26. The molecule has 7 heteroatoms. The van der Waals surface area contributed by atoms with Gasteiger partial charge in [0.1, 0.15) is 17.6 Å². The van der Waals surface area contributed by atoms with Gasteiger partial charge in [-0.05, 0) is 25.5 Å². The van der Waals surface area contributed by atoms with Crippen LogP contribution in [0.5, 0.6) is 0 Å². The van der Waals surface area contributed by atoms with Gasteiger partial charge in [-0.1, -0.05) is 13.0 Å². The molecule has 0 spiro atoms. The molecule has 1 N–H and O–H groups in total. The highest BCUT2D eigenvalue weighted by molar-refractivity contribution is 5.84. The minimum Gasteiger partial charge on any atom is -0.378 e. The van der Waals surface area contributed by atoms with Crippen molar-refractivity contribution in [2.24, 2.45) is 0 Å². The number of amides is 1. The largest absolute Gasteiger partial charge is 0.378 e. The van der Waals surface area contributed by atoms with Crippen LogP contribution in [0, 0.1) is 0 Å². The van der Waals surface area contributed by atoms with Gasteiger partial charge in [-0.3, -0.25) is 9.78 Å². The monoisotopic (exact) mass is 341 g/mol. The molecule has 1 saturated heterocycles. The van der Waals surface area contributed by atoms with Crippen molar-refractivity contribution in [1.82, 2.24) is 19.9 Å². The number of nitrogens with one attached hydrogen (secondary N) is 1. The highest BCUT2D eigenvalue weighted by Crippen LogP contribution is 2.17. The number of aromatic nitrogens is 3. The second-order valence-electron chi connectivity index (χ2n) is 5.94. The van der Waals surface area contributed by atoms with Crippen LogP contribution in [0.2, 0.25) is 0 Å². The van der Waals surface area contributed by atoms with E-state index in [-0.39, 0.29) is 11.9 Å². The molecule has 2 aromatic heterocycles. The SMILES string of the molecule is CCc1cc(N[C@@H](C)C(=O)N2CCOCC2)nc(-c2ccccn2)n1. The van der Waals surface area contributed by atoms with Gasteiger partial charge in [-0.25, -0.2) is 9.97 Å². The third kappa shape index (κ3) is 4.30. The summed E-state index contributed by atoms with van der Waals surface area (Å²) >= 11 is 0. The van der Waals surface area contributed by atoms with Crippen LogP contribution in [-0.4, -0.2) is 58.1 Å². The standard InChI is InChI=1S/C18H23N5O2/c1-3-14-12-16(22-17(21-14)15-6-4-5-7-19-15)20-13(2)18(24)23-8-10-25-11-9-23/h4-7,12-13H,3,8-11H2,1-2H3,(H,20,21,22)/t13-/m0/s1. The maximum absolute atomic E-state index is 12.6. The van der Waals surface area contributed by atoms with E-state index in [4.69, 9.17) is 4.74 Å². The van der Waals surface area contributed by atoms with Crippen LogP contribution in [0.3, 0.4) is 0 Å². The molecule has 0 radical (unpaired) electrons. The van der Waals surface area contributed by atoms with E-state index >= 15 is 0 Å². The molecule has 0 aromatic carbocycles. The zero-order valence-electron chi connectivity index (χ0n) is 14.6. The fraction of sp³-hybridized carbons (Fsp3) is 0.444. The summed E-state index contributed by atoms with van der Waals surface area (Å²) in [5.41, 5.74) is 1.62. The van der Waals surface area contributed by atoms with Gasteiger partial charge in [0.2, 0.25) is 5.91 Å². The first-order valence-corrected chi connectivity index (χ1v) is 8.60. The topological polar surface area (TPSA) is 80.2 Å². The van der Waals surface area contributed by atoms with Gasteiger partial charge in [0.15, 0.2) is 5.82 Å². The van der Waals surface area contributed by atoms with Crippen LogP contribution in [0.25, 0.3) is 11.5 Å². The first-order chi connectivity index (χ1) is 12.2. The van der Waals surface area contributed by atoms with Crippen molar-refractivity contribution in [3.8, 4) is 11.5 Å². The van der Waals surface area contributed by atoms with Gasteiger partial charge in [0, 0.05) is 31.0 Å². The molecular formula is C18H23N5O2. The van der Waals surface area contributed by atoms with Crippen molar-refractivity contribution < 1.29 is 9.53 Å². The van der Waals surface area contributed by atoms with Crippen LogP contribution in [-0.2, 0) is 16.0 Å². The first-order valence-electron chi connectivity index (χ1n) is 8.60. The average Bonchev–Trinajstić information content (AvgIpc) is 2.68. The Labute approximate surface area is 147 Å². The van der Waals surface area contributed by atoms with E-state index in [9.17, 15) is 4.79 Å². The van der Waals surface area contributed by atoms with Crippen LogP contribution in [0.4, 0.5) is 5.82 Å². The minimum atomic E-state index is -0.366. The third-order valence-corrected chi connectivity index (χ3v) is 4.09. The smallest absolute Gasteiger partial charge is 0.244 e. The molecule has 1 aliphatic rings. The maximum atomic E-state index is 12.6. The number of hydrogen-bond acceptors (Lipinski definition) is 6. The molecule has 3 heterocycles. The maximum Gasteiger partial charge on any atom is 0.244 e. The number of morpholine rings is 1. The van der Waals surface area contributed by atoms with Gasteiger partial charge in [0.25, 0.3) is 0 Å². The van der Waals surface area contributed by atoms with E-state index < -0.39 is 0 Å². The molecule has 1 fully saturated rings. The second-order valence-corrected chi connectivity index (χ2v) is 5.94. The zero-order valence-corrected chi connectivity index (χ0v) is 14.6. The van der Waals surface area contributed by atoms with Crippen LogP contribution in [0.1, 0.15) is 19.5 Å². The summed E-state index contributed by atoms with van der Waals surface area (Å²) in [6.07, 6.45) is 2.50. The summed E-state index contributed by atoms with van der Waals surface area (Å²) in [6, 6.07) is 7.16. The Morgan fingerprint density at radius 3 is 2.80 bits per heavy atom. The number of ether oxygens (including phenoxy) is 1. The van der Waals surface area contributed by atoms with E-state index in [1.54, 1.807) is 6.20 Å². The first kappa shape index (κ1) is 17.3. The van der Waals surface area contributed by atoms with Crippen LogP contribution >= 0.6 is 0 Å².